The maximum atomic E-state index is 13.3. The molecule has 1 aromatic rings. The van der Waals surface area contributed by atoms with Gasteiger partial charge in [-0.05, 0) is 24.3 Å². The molecule has 5 atom stereocenters. The van der Waals surface area contributed by atoms with E-state index in [4.69, 9.17) is 18.9 Å². The molecule has 1 aromatic carbocycles. The van der Waals surface area contributed by atoms with Crippen LogP contribution < -0.4 is 5.32 Å². The number of nitrogens with one attached hydrogen (secondary N) is 1. The Balaban J connectivity index is 2.43. The second-order valence-corrected chi connectivity index (χ2v) is 7.96. The van der Waals surface area contributed by atoms with Gasteiger partial charge in [-0.1, -0.05) is 11.8 Å². The summed E-state index contributed by atoms with van der Waals surface area (Å²) < 4.78 is 35.1. The third-order valence-electron chi connectivity index (χ3n) is 4.14. The summed E-state index contributed by atoms with van der Waals surface area (Å²) >= 11 is 1.14. The first-order valence-corrected chi connectivity index (χ1v) is 10.3. The molecule has 1 amide bonds. The summed E-state index contributed by atoms with van der Waals surface area (Å²) in [4.78, 5) is 47.3. The van der Waals surface area contributed by atoms with Crippen molar-refractivity contribution in [1.29, 1.82) is 0 Å². The number of carbonyl (C=O) groups is 4. The maximum absolute atomic E-state index is 13.3. The molecule has 31 heavy (non-hydrogen) atoms. The lowest BCUT2D eigenvalue weighted by atomic mass is 9.97. The average Bonchev–Trinajstić information content (AvgIpc) is 2.65. The quantitative estimate of drug-likeness (QED) is 0.481. The Morgan fingerprint density at radius 3 is 2.06 bits per heavy atom. The van der Waals surface area contributed by atoms with E-state index in [0.29, 0.717) is 4.90 Å². The van der Waals surface area contributed by atoms with Crippen LogP contribution in [0.4, 0.5) is 4.39 Å². The van der Waals surface area contributed by atoms with Crippen molar-refractivity contribution >= 4 is 35.6 Å². The fourth-order valence-electron chi connectivity index (χ4n) is 3.04. The number of halogens is 1. The lowest BCUT2D eigenvalue weighted by molar-refractivity contribution is -0.211. The largest absolute Gasteiger partial charge is 0.463 e. The molecule has 0 aliphatic carbocycles. The summed E-state index contributed by atoms with van der Waals surface area (Å²) in [5.74, 6) is -2.79. The van der Waals surface area contributed by atoms with Crippen LogP contribution in [0.5, 0.6) is 0 Å². The third-order valence-corrected chi connectivity index (χ3v) is 5.32. The van der Waals surface area contributed by atoms with Crippen LogP contribution in [-0.4, -0.2) is 60.2 Å². The molecule has 0 unspecified atom stereocenters. The van der Waals surface area contributed by atoms with Crippen LogP contribution in [0.3, 0.4) is 0 Å². The van der Waals surface area contributed by atoms with Gasteiger partial charge >= 0.3 is 17.9 Å². The molecule has 9 nitrogen and oxygen atoms in total. The van der Waals surface area contributed by atoms with Crippen LogP contribution >= 0.6 is 11.8 Å². The Morgan fingerprint density at radius 1 is 0.968 bits per heavy atom. The molecule has 0 spiro atoms. The number of hydrogen-bond acceptors (Lipinski definition) is 9. The van der Waals surface area contributed by atoms with Crippen molar-refractivity contribution in [3.63, 3.8) is 0 Å². The summed E-state index contributed by atoms with van der Waals surface area (Å²) in [6.45, 7) is 4.54. The molecular formula is C20H24FNO8S. The van der Waals surface area contributed by atoms with Gasteiger partial charge in [0.25, 0.3) is 0 Å². The summed E-state index contributed by atoms with van der Waals surface area (Å²) in [6, 6.07) is 4.65. The van der Waals surface area contributed by atoms with E-state index >= 15 is 0 Å². The number of esters is 3. The first-order chi connectivity index (χ1) is 14.6. The van der Waals surface area contributed by atoms with E-state index in [9.17, 15) is 23.6 Å². The van der Waals surface area contributed by atoms with E-state index < -0.39 is 59.4 Å². The average molecular weight is 457 g/mol. The SMILES string of the molecule is CC(=O)N[C@H]1[C@H](OC(C)=O)[C@H](OC(C)=O)[C@@H](COC(C)=O)O[C@H]1Sc1ccc(F)cc1. The molecule has 1 heterocycles. The van der Waals surface area contributed by atoms with Crippen LogP contribution in [0.15, 0.2) is 29.2 Å². The van der Waals surface area contributed by atoms with Gasteiger partial charge in [0, 0.05) is 32.6 Å². The lowest BCUT2D eigenvalue weighted by Gasteiger charge is -2.45. The van der Waals surface area contributed by atoms with Crippen LogP contribution in [0, 0.1) is 5.82 Å². The first kappa shape index (κ1) is 24.6. The van der Waals surface area contributed by atoms with Gasteiger partial charge in [-0.25, -0.2) is 4.39 Å². The molecule has 0 bridgehead atoms. The minimum Gasteiger partial charge on any atom is -0.463 e. The summed E-state index contributed by atoms with van der Waals surface area (Å²) in [5.41, 5.74) is -0.842. The number of amides is 1. The van der Waals surface area contributed by atoms with Crippen molar-refractivity contribution in [2.75, 3.05) is 6.61 Å². The zero-order chi connectivity index (χ0) is 23.1. The normalized spacial score (nSPS) is 25.3. The zero-order valence-corrected chi connectivity index (χ0v) is 18.3. The van der Waals surface area contributed by atoms with Crippen LogP contribution in [0.1, 0.15) is 27.7 Å². The van der Waals surface area contributed by atoms with Crippen molar-refractivity contribution in [1.82, 2.24) is 5.32 Å². The van der Waals surface area contributed by atoms with E-state index in [2.05, 4.69) is 5.32 Å². The number of carbonyl (C=O) groups excluding carboxylic acids is 4. The van der Waals surface area contributed by atoms with E-state index in [1.54, 1.807) is 0 Å². The molecule has 11 heteroatoms. The molecule has 1 aliphatic rings. The number of benzene rings is 1. The number of ether oxygens (including phenoxy) is 4. The van der Waals surface area contributed by atoms with Gasteiger partial charge < -0.3 is 24.3 Å². The standard InChI is InChI=1S/C20H24FNO8S/c1-10(23)22-17-19(29-13(4)26)18(28-12(3)25)16(9-27-11(2)24)30-20(17)31-15-7-5-14(21)6-8-15/h5-8,16-20H,9H2,1-4H3,(H,22,23)/t16-,17+,18-,19+,20+/m1/s1. The van der Waals surface area contributed by atoms with Gasteiger partial charge in [-0.3, -0.25) is 19.2 Å². The van der Waals surface area contributed by atoms with Gasteiger partial charge in [-0.2, -0.15) is 0 Å². The summed E-state index contributed by atoms with van der Waals surface area (Å²) in [5, 5.41) is 2.67. The van der Waals surface area contributed by atoms with E-state index in [1.807, 2.05) is 0 Å². The summed E-state index contributed by atoms with van der Waals surface area (Å²) in [6.07, 6.45) is -3.26. The monoisotopic (exact) mass is 457 g/mol. The molecule has 1 fully saturated rings. The molecule has 1 N–H and O–H groups in total. The topological polar surface area (TPSA) is 117 Å². The second-order valence-electron chi connectivity index (χ2n) is 6.79. The van der Waals surface area contributed by atoms with Crippen molar-refractivity contribution in [2.45, 2.75) is 62.4 Å². The third kappa shape index (κ3) is 7.51. The minimum absolute atomic E-state index is 0.279. The zero-order valence-electron chi connectivity index (χ0n) is 17.5. The predicted molar refractivity (Wildman–Crippen MR) is 106 cm³/mol. The van der Waals surface area contributed by atoms with Crippen LogP contribution in [0.2, 0.25) is 0 Å². The van der Waals surface area contributed by atoms with E-state index in [1.165, 1.54) is 52.0 Å². The van der Waals surface area contributed by atoms with Crippen LogP contribution in [-0.2, 0) is 38.1 Å². The minimum atomic E-state index is -1.15. The van der Waals surface area contributed by atoms with E-state index in [0.717, 1.165) is 11.8 Å². The highest BCUT2D eigenvalue weighted by Gasteiger charge is 2.51. The Morgan fingerprint density at radius 2 is 1.55 bits per heavy atom. The molecule has 1 aliphatic heterocycles. The highest BCUT2D eigenvalue weighted by Crippen LogP contribution is 2.36. The number of rotatable bonds is 7. The van der Waals surface area contributed by atoms with Crippen molar-refractivity contribution in [2.24, 2.45) is 0 Å². The lowest BCUT2D eigenvalue weighted by Crippen LogP contribution is -2.65. The Labute approximate surface area is 182 Å². The highest BCUT2D eigenvalue weighted by molar-refractivity contribution is 7.99. The first-order valence-electron chi connectivity index (χ1n) is 9.39. The molecule has 0 radical (unpaired) electrons. The van der Waals surface area contributed by atoms with Crippen molar-refractivity contribution < 1.29 is 42.5 Å². The highest BCUT2D eigenvalue weighted by atomic mass is 32.2. The Hall–Kier alpha value is -2.66. The molecule has 0 aromatic heterocycles. The smallest absolute Gasteiger partial charge is 0.303 e. The van der Waals surface area contributed by atoms with Crippen molar-refractivity contribution in [3.05, 3.63) is 30.1 Å². The van der Waals surface area contributed by atoms with Gasteiger partial charge in [0.05, 0.1) is 0 Å². The maximum Gasteiger partial charge on any atom is 0.303 e. The van der Waals surface area contributed by atoms with Crippen LogP contribution in [0.25, 0.3) is 0 Å². The Kier molecular flexibility index (Phi) is 8.81. The molecular weight excluding hydrogens is 433 g/mol. The Bertz CT molecular complexity index is 818. The molecule has 0 saturated carbocycles. The van der Waals surface area contributed by atoms with Gasteiger partial charge in [-0.15, -0.1) is 0 Å². The summed E-state index contributed by atoms with van der Waals surface area (Å²) in [7, 11) is 0. The van der Waals surface area contributed by atoms with Gasteiger partial charge in [0.2, 0.25) is 5.91 Å². The number of thioether (sulfide) groups is 1. The molecule has 2 rings (SSSR count). The fraction of sp³-hybridized carbons (Fsp3) is 0.500. The van der Waals surface area contributed by atoms with Gasteiger partial charge in [0.15, 0.2) is 12.2 Å². The second kappa shape index (κ2) is 11.1. The fourth-order valence-corrected chi connectivity index (χ4v) is 4.17. The number of hydrogen-bond donors (Lipinski definition) is 1. The molecule has 170 valence electrons. The van der Waals surface area contributed by atoms with Gasteiger partial charge in [0.1, 0.15) is 30.0 Å². The van der Waals surface area contributed by atoms with E-state index in [-0.39, 0.29) is 6.61 Å². The predicted octanol–water partition coefficient (Wildman–Crippen LogP) is 1.57. The van der Waals surface area contributed by atoms with Crippen molar-refractivity contribution in [3.8, 4) is 0 Å². The molecule has 1 saturated heterocycles.